The third-order valence-corrected chi connectivity index (χ3v) is 6.24. The van der Waals surface area contributed by atoms with Crippen molar-refractivity contribution in [3.05, 3.63) is 48.0 Å². The van der Waals surface area contributed by atoms with E-state index in [1.165, 1.54) is 11.3 Å². The third kappa shape index (κ3) is 5.49. The molecule has 0 aliphatic carbocycles. The largest absolute Gasteiger partial charge is 0.496 e. The number of nitriles is 1. The maximum atomic E-state index is 8.82. The fourth-order valence-electron chi connectivity index (χ4n) is 4.47. The van der Waals surface area contributed by atoms with E-state index < -0.39 is 0 Å². The van der Waals surface area contributed by atoms with Crippen LogP contribution in [0.3, 0.4) is 0 Å². The van der Waals surface area contributed by atoms with Crippen LogP contribution >= 0.6 is 0 Å². The highest BCUT2D eigenvalue weighted by molar-refractivity contribution is 5.90. The second-order valence-electron chi connectivity index (χ2n) is 8.79. The van der Waals surface area contributed by atoms with Crippen LogP contribution in [-0.4, -0.2) is 61.7 Å². The van der Waals surface area contributed by atoms with E-state index >= 15 is 0 Å². The molecule has 1 aliphatic rings. The van der Waals surface area contributed by atoms with Crippen LogP contribution in [0.5, 0.6) is 5.75 Å². The molecule has 178 valence electrons. The molecule has 2 aromatic carbocycles. The molecular formula is C26H33N7O. The van der Waals surface area contributed by atoms with Gasteiger partial charge in [-0.1, -0.05) is 18.2 Å². The molecule has 34 heavy (non-hydrogen) atoms. The highest BCUT2D eigenvalue weighted by Crippen LogP contribution is 2.31. The molecule has 4 rings (SSSR count). The molecule has 8 heteroatoms. The number of hydrogen-bond acceptors (Lipinski definition) is 8. The van der Waals surface area contributed by atoms with Gasteiger partial charge < -0.3 is 20.3 Å². The van der Waals surface area contributed by atoms with Gasteiger partial charge in [0.2, 0.25) is 5.95 Å². The van der Waals surface area contributed by atoms with E-state index in [0.717, 1.165) is 54.9 Å². The number of nitrogens with one attached hydrogen (secondary N) is 2. The zero-order chi connectivity index (χ0) is 23.9. The van der Waals surface area contributed by atoms with Gasteiger partial charge >= 0.3 is 0 Å². The first kappa shape index (κ1) is 23.6. The molecular weight excluding hydrogens is 426 g/mol. The summed E-state index contributed by atoms with van der Waals surface area (Å²) in [6.07, 6.45) is 2.48. The van der Waals surface area contributed by atoms with Crippen LogP contribution in [0.1, 0.15) is 24.8 Å². The molecule has 0 unspecified atom stereocenters. The summed E-state index contributed by atoms with van der Waals surface area (Å²) in [6, 6.07) is 16.8. The molecule has 3 aromatic rings. The summed E-state index contributed by atoms with van der Waals surface area (Å²) < 4.78 is 5.66. The monoisotopic (exact) mass is 459 g/mol. The summed E-state index contributed by atoms with van der Waals surface area (Å²) in [5.74, 6) is 2.35. The molecule has 2 heterocycles. The zero-order valence-electron chi connectivity index (χ0n) is 20.2. The number of hydrogen-bond donors (Lipinski definition) is 2. The van der Waals surface area contributed by atoms with Gasteiger partial charge in [-0.2, -0.15) is 10.2 Å². The molecule has 1 aliphatic heterocycles. The fraction of sp³-hybridized carbons (Fsp3) is 0.423. The maximum absolute atomic E-state index is 8.82. The van der Waals surface area contributed by atoms with Crippen molar-refractivity contribution in [3.8, 4) is 11.8 Å². The fourth-order valence-corrected chi connectivity index (χ4v) is 4.47. The van der Waals surface area contributed by atoms with E-state index in [1.807, 2.05) is 30.3 Å². The van der Waals surface area contributed by atoms with Crippen molar-refractivity contribution in [2.24, 2.45) is 0 Å². The van der Waals surface area contributed by atoms with Crippen molar-refractivity contribution >= 4 is 28.4 Å². The number of para-hydroxylation sites is 1. The summed E-state index contributed by atoms with van der Waals surface area (Å²) in [5, 5.41) is 16.7. The van der Waals surface area contributed by atoms with E-state index in [9.17, 15) is 0 Å². The maximum Gasteiger partial charge on any atom is 0.225 e. The average Bonchev–Trinajstić information content (AvgIpc) is 2.85. The Kier molecular flexibility index (Phi) is 7.65. The van der Waals surface area contributed by atoms with Gasteiger partial charge in [0.25, 0.3) is 0 Å². The number of fused-ring (bicyclic) bond motifs is 1. The lowest BCUT2D eigenvalue weighted by molar-refractivity contribution is 0.209. The Morgan fingerprint density at radius 1 is 1.12 bits per heavy atom. The van der Waals surface area contributed by atoms with Crippen LogP contribution in [0.25, 0.3) is 10.9 Å². The first-order valence-corrected chi connectivity index (χ1v) is 11.8. The number of rotatable bonds is 9. The first-order chi connectivity index (χ1) is 16.6. The van der Waals surface area contributed by atoms with Crippen molar-refractivity contribution in [1.29, 1.82) is 5.26 Å². The molecule has 2 N–H and O–H groups in total. The molecule has 0 radical (unpaired) electrons. The zero-order valence-corrected chi connectivity index (χ0v) is 20.2. The van der Waals surface area contributed by atoms with E-state index in [0.29, 0.717) is 25.0 Å². The summed E-state index contributed by atoms with van der Waals surface area (Å²) in [6.45, 7) is 3.40. The Morgan fingerprint density at radius 3 is 2.65 bits per heavy atom. The lowest BCUT2D eigenvalue weighted by Gasteiger charge is -2.34. The molecule has 8 nitrogen and oxygen atoms in total. The number of likely N-dealkylation sites (tertiary alicyclic amines) is 1. The number of piperidine rings is 1. The van der Waals surface area contributed by atoms with Crippen molar-refractivity contribution < 1.29 is 4.74 Å². The Balaban J connectivity index is 1.44. The van der Waals surface area contributed by atoms with Crippen molar-refractivity contribution in [3.63, 3.8) is 0 Å². The predicted molar refractivity (Wildman–Crippen MR) is 138 cm³/mol. The second-order valence-corrected chi connectivity index (χ2v) is 8.79. The van der Waals surface area contributed by atoms with Crippen LogP contribution in [0.2, 0.25) is 0 Å². The Hall–Kier alpha value is -3.57. The minimum Gasteiger partial charge on any atom is -0.496 e. The van der Waals surface area contributed by atoms with Gasteiger partial charge in [-0.15, -0.1) is 0 Å². The number of nitrogens with zero attached hydrogens (tertiary/aromatic N) is 5. The van der Waals surface area contributed by atoms with E-state index in [4.69, 9.17) is 15.0 Å². The van der Waals surface area contributed by atoms with Gasteiger partial charge in [0.1, 0.15) is 11.6 Å². The van der Waals surface area contributed by atoms with Gasteiger partial charge in [-0.3, -0.25) is 4.90 Å². The SMILES string of the molecule is COc1cccc(N(C)C)c1CN1CCC(Nc2nc(NCCC#N)nc3ccccc23)CC1. The number of ether oxygens (including phenoxy) is 1. The van der Waals surface area contributed by atoms with Crippen LogP contribution in [0.15, 0.2) is 42.5 Å². The second kappa shape index (κ2) is 11.0. The Labute approximate surface area is 201 Å². The Bertz CT molecular complexity index is 1150. The number of benzene rings is 2. The van der Waals surface area contributed by atoms with Crippen LogP contribution in [-0.2, 0) is 6.54 Å². The normalized spacial score (nSPS) is 14.5. The quantitative estimate of drug-likeness (QED) is 0.462. The summed E-state index contributed by atoms with van der Waals surface area (Å²) in [7, 11) is 5.89. The summed E-state index contributed by atoms with van der Waals surface area (Å²) in [4.78, 5) is 14.0. The molecule has 0 spiro atoms. The van der Waals surface area contributed by atoms with E-state index in [1.54, 1.807) is 7.11 Å². The number of aromatic nitrogens is 2. The first-order valence-electron chi connectivity index (χ1n) is 11.8. The van der Waals surface area contributed by atoms with E-state index in [2.05, 4.69) is 57.7 Å². The summed E-state index contributed by atoms with van der Waals surface area (Å²) >= 11 is 0. The van der Waals surface area contributed by atoms with Crippen LogP contribution < -0.4 is 20.3 Å². The van der Waals surface area contributed by atoms with Gasteiger partial charge in [0.15, 0.2) is 0 Å². The van der Waals surface area contributed by atoms with Gasteiger partial charge in [0.05, 0.1) is 25.1 Å². The van der Waals surface area contributed by atoms with Crippen LogP contribution in [0, 0.1) is 11.3 Å². The van der Waals surface area contributed by atoms with Crippen molar-refractivity contribution in [1.82, 2.24) is 14.9 Å². The molecule has 0 saturated carbocycles. The standard InChI is InChI=1S/C26H33N7O/c1-32(2)23-10-6-11-24(34-3)21(23)18-33-16-12-19(13-17-33)29-25-20-8-4-5-9-22(20)30-26(31-25)28-15-7-14-27/h4-6,8-11,19H,7,12-13,15-18H2,1-3H3,(H2,28,29,30,31). The number of methoxy groups -OCH3 is 1. The molecule has 0 bridgehead atoms. The predicted octanol–water partition coefficient (Wildman–Crippen LogP) is 4.11. The Morgan fingerprint density at radius 2 is 1.91 bits per heavy atom. The average molecular weight is 460 g/mol. The van der Waals surface area contributed by atoms with Crippen molar-refractivity contribution in [2.45, 2.75) is 31.8 Å². The summed E-state index contributed by atoms with van der Waals surface area (Å²) in [5.41, 5.74) is 3.32. The van der Waals surface area contributed by atoms with Gasteiger partial charge in [-0.05, 0) is 37.1 Å². The molecule has 0 amide bonds. The molecule has 0 atom stereocenters. The molecule has 1 saturated heterocycles. The number of anilines is 3. The van der Waals surface area contributed by atoms with Gasteiger partial charge in [0, 0.05) is 63.0 Å². The molecule has 1 fully saturated rings. The topological polar surface area (TPSA) is 89.3 Å². The minimum absolute atomic E-state index is 0.340. The van der Waals surface area contributed by atoms with E-state index in [-0.39, 0.29) is 0 Å². The van der Waals surface area contributed by atoms with Crippen LogP contribution in [0.4, 0.5) is 17.5 Å². The third-order valence-electron chi connectivity index (χ3n) is 6.24. The van der Waals surface area contributed by atoms with Crippen molar-refractivity contribution in [2.75, 3.05) is 56.4 Å². The molecule has 1 aromatic heterocycles. The highest BCUT2D eigenvalue weighted by atomic mass is 16.5. The van der Waals surface area contributed by atoms with Gasteiger partial charge in [-0.25, -0.2) is 4.98 Å². The minimum atomic E-state index is 0.340. The lowest BCUT2D eigenvalue weighted by atomic mass is 10.0. The smallest absolute Gasteiger partial charge is 0.225 e. The lowest BCUT2D eigenvalue weighted by Crippen LogP contribution is -2.39. The highest BCUT2D eigenvalue weighted by Gasteiger charge is 2.23.